The first-order chi connectivity index (χ1) is 9.47. The highest BCUT2D eigenvalue weighted by atomic mass is 16.2. The number of likely N-dealkylation sites (N-methyl/N-ethyl adjacent to an activating group) is 1. The van der Waals surface area contributed by atoms with Crippen LogP contribution in [0, 0.1) is 20.8 Å². The number of rotatable bonds is 4. The maximum atomic E-state index is 12.2. The van der Waals surface area contributed by atoms with Crippen molar-refractivity contribution in [3.63, 3.8) is 0 Å². The van der Waals surface area contributed by atoms with E-state index in [1.165, 1.54) is 5.56 Å². The lowest BCUT2D eigenvalue weighted by molar-refractivity contribution is -0.131. The van der Waals surface area contributed by atoms with Crippen LogP contribution in [0.25, 0.3) is 0 Å². The number of carbonyl (C=O) groups is 1. The van der Waals surface area contributed by atoms with Gasteiger partial charge in [-0.05, 0) is 31.9 Å². The maximum Gasteiger partial charge on any atom is 0.244 e. The molecule has 5 nitrogen and oxygen atoms in total. The molecule has 1 aromatic carbocycles. The normalized spacial score (nSPS) is 10.6. The third-order valence-electron chi connectivity index (χ3n) is 3.34. The lowest BCUT2D eigenvalue weighted by atomic mass is 10.1. The molecule has 0 N–H and O–H groups in total. The van der Waals surface area contributed by atoms with E-state index in [0.717, 1.165) is 11.4 Å². The molecule has 106 valence electrons. The highest BCUT2D eigenvalue weighted by molar-refractivity contribution is 5.75. The summed E-state index contributed by atoms with van der Waals surface area (Å²) in [4.78, 5) is 18.2. The van der Waals surface area contributed by atoms with Gasteiger partial charge in [0.25, 0.3) is 0 Å². The lowest BCUT2D eigenvalue weighted by Gasteiger charge is -2.18. The van der Waals surface area contributed by atoms with Gasteiger partial charge < -0.3 is 4.90 Å². The molecule has 1 aromatic heterocycles. The molecule has 1 heterocycles. The van der Waals surface area contributed by atoms with E-state index in [4.69, 9.17) is 0 Å². The molecule has 0 unspecified atom stereocenters. The van der Waals surface area contributed by atoms with E-state index in [9.17, 15) is 4.79 Å². The van der Waals surface area contributed by atoms with Crippen LogP contribution in [0.4, 0.5) is 0 Å². The molecule has 5 heteroatoms. The van der Waals surface area contributed by atoms with Gasteiger partial charge in [-0.1, -0.05) is 24.3 Å². The van der Waals surface area contributed by atoms with E-state index in [1.807, 2.05) is 39.1 Å². The Balaban J connectivity index is 2.02. The van der Waals surface area contributed by atoms with Crippen LogP contribution < -0.4 is 0 Å². The topological polar surface area (TPSA) is 51.0 Å². The van der Waals surface area contributed by atoms with Gasteiger partial charge >= 0.3 is 0 Å². The molecular weight excluding hydrogens is 252 g/mol. The summed E-state index contributed by atoms with van der Waals surface area (Å²) in [6, 6.07) is 8.09. The van der Waals surface area contributed by atoms with Crippen molar-refractivity contribution in [3.8, 4) is 0 Å². The van der Waals surface area contributed by atoms with E-state index in [2.05, 4.69) is 23.1 Å². The molecule has 2 rings (SSSR count). The largest absolute Gasteiger partial charge is 0.340 e. The Kier molecular flexibility index (Phi) is 4.17. The predicted octanol–water partition coefficient (Wildman–Crippen LogP) is 1.86. The molecule has 2 aromatic rings. The number of benzene rings is 1. The number of amides is 1. The molecule has 0 saturated carbocycles. The Morgan fingerprint density at radius 3 is 2.55 bits per heavy atom. The van der Waals surface area contributed by atoms with Crippen LogP contribution in [-0.2, 0) is 17.9 Å². The number of nitrogens with zero attached hydrogens (tertiary/aromatic N) is 4. The van der Waals surface area contributed by atoms with Crippen LogP contribution in [0.3, 0.4) is 0 Å². The van der Waals surface area contributed by atoms with Crippen LogP contribution >= 0.6 is 0 Å². The van der Waals surface area contributed by atoms with Gasteiger partial charge in [-0.15, -0.1) is 0 Å². The van der Waals surface area contributed by atoms with Crippen molar-refractivity contribution < 1.29 is 4.79 Å². The van der Waals surface area contributed by atoms with Gasteiger partial charge in [0.15, 0.2) is 0 Å². The van der Waals surface area contributed by atoms with E-state index >= 15 is 0 Å². The van der Waals surface area contributed by atoms with Gasteiger partial charge in [-0.2, -0.15) is 5.10 Å². The van der Waals surface area contributed by atoms with Crippen molar-refractivity contribution in [3.05, 3.63) is 47.0 Å². The third kappa shape index (κ3) is 3.23. The fraction of sp³-hybridized carbons (Fsp3) is 0.400. The minimum Gasteiger partial charge on any atom is -0.340 e. The summed E-state index contributed by atoms with van der Waals surface area (Å²) in [5.74, 6) is 1.48. The summed E-state index contributed by atoms with van der Waals surface area (Å²) >= 11 is 0. The van der Waals surface area contributed by atoms with Gasteiger partial charge in [-0.25, -0.2) is 9.67 Å². The molecule has 0 radical (unpaired) electrons. The lowest BCUT2D eigenvalue weighted by Crippen LogP contribution is -2.30. The van der Waals surface area contributed by atoms with Crippen LogP contribution in [0.15, 0.2) is 24.3 Å². The standard InChI is InChI=1S/C15H20N4O/c1-11-7-5-6-8-14(11)9-18(4)15(20)10-19-13(3)16-12(2)17-19/h5-8H,9-10H2,1-4H3. The molecular formula is C15H20N4O. The minimum atomic E-state index is 0.0289. The van der Waals surface area contributed by atoms with E-state index < -0.39 is 0 Å². The average molecular weight is 272 g/mol. The molecule has 0 aliphatic heterocycles. The summed E-state index contributed by atoms with van der Waals surface area (Å²) in [6.45, 7) is 6.57. The fourth-order valence-corrected chi connectivity index (χ4v) is 2.09. The van der Waals surface area contributed by atoms with Crippen LogP contribution in [0.1, 0.15) is 22.8 Å². The summed E-state index contributed by atoms with van der Waals surface area (Å²) in [7, 11) is 1.81. The number of aryl methyl sites for hydroxylation is 3. The van der Waals surface area contributed by atoms with Crippen LogP contribution in [-0.4, -0.2) is 32.6 Å². The Hall–Kier alpha value is -2.17. The zero-order valence-corrected chi connectivity index (χ0v) is 12.4. The smallest absolute Gasteiger partial charge is 0.244 e. The number of carbonyl (C=O) groups excluding carboxylic acids is 1. The number of aromatic nitrogens is 3. The van der Waals surface area contributed by atoms with Crippen molar-refractivity contribution in [2.24, 2.45) is 0 Å². The number of hydrogen-bond donors (Lipinski definition) is 0. The summed E-state index contributed by atoms with van der Waals surface area (Å²) in [5, 5.41) is 4.22. The molecule has 0 aliphatic carbocycles. The third-order valence-corrected chi connectivity index (χ3v) is 3.34. The maximum absolute atomic E-state index is 12.2. The molecule has 0 bridgehead atoms. The Labute approximate surface area is 119 Å². The second-order valence-corrected chi connectivity index (χ2v) is 5.04. The fourth-order valence-electron chi connectivity index (χ4n) is 2.09. The molecule has 0 aliphatic rings. The van der Waals surface area contributed by atoms with Gasteiger partial charge in [0.2, 0.25) is 5.91 Å². The zero-order chi connectivity index (χ0) is 14.7. The SMILES string of the molecule is Cc1nc(C)n(CC(=O)N(C)Cc2ccccc2C)n1. The summed E-state index contributed by atoms with van der Waals surface area (Å²) in [5.41, 5.74) is 2.36. The van der Waals surface area contributed by atoms with E-state index in [-0.39, 0.29) is 12.5 Å². The Morgan fingerprint density at radius 1 is 1.25 bits per heavy atom. The molecule has 0 fully saturated rings. The van der Waals surface area contributed by atoms with Crippen molar-refractivity contribution >= 4 is 5.91 Å². The van der Waals surface area contributed by atoms with Gasteiger partial charge in [-0.3, -0.25) is 4.79 Å². The molecule has 20 heavy (non-hydrogen) atoms. The van der Waals surface area contributed by atoms with Crippen LogP contribution in [0.5, 0.6) is 0 Å². The predicted molar refractivity (Wildman–Crippen MR) is 77.1 cm³/mol. The second-order valence-electron chi connectivity index (χ2n) is 5.04. The minimum absolute atomic E-state index is 0.0289. The highest BCUT2D eigenvalue weighted by Crippen LogP contribution is 2.10. The molecule has 1 amide bonds. The van der Waals surface area contributed by atoms with Gasteiger partial charge in [0.05, 0.1) is 0 Å². The monoisotopic (exact) mass is 272 g/mol. The van der Waals surface area contributed by atoms with Gasteiger partial charge in [0, 0.05) is 13.6 Å². The summed E-state index contributed by atoms with van der Waals surface area (Å²) in [6.07, 6.45) is 0. The molecule has 0 saturated heterocycles. The second kappa shape index (κ2) is 5.86. The first-order valence-electron chi connectivity index (χ1n) is 6.64. The van der Waals surface area contributed by atoms with E-state index in [1.54, 1.807) is 9.58 Å². The highest BCUT2D eigenvalue weighted by Gasteiger charge is 2.13. The van der Waals surface area contributed by atoms with Crippen molar-refractivity contribution in [1.29, 1.82) is 0 Å². The van der Waals surface area contributed by atoms with E-state index in [0.29, 0.717) is 12.4 Å². The Bertz CT molecular complexity index is 618. The van der Waals surface area contributed by atoms with Crippen molar-refractivity contribution in [1.82, 2.24) is 19.7 Å². The van der Waals surface area contributed by atoms with Gasteiger partial charge in [0.1, 0.15) is 18.2 Å². The summed E-state index contributed by atoms with van der Waals surface area (Å²) < 4.78 is 1.64. The first kappa shape index (κ1) is 14.2. The molecule has 0 spiro atoms. The zero-order valence-electron chi connectivity index (χ0n) is 12.4. The van der Waals surface area contributed by atoms with Crippen LogP contribution in [0.2, 0.25) is 0 Å². The average Bonchev–Trinajstić information content (AvgIpc) is 2.70. The van der Waals surface area contributed by atoms with Crippen molar-refractivity contribution in [2.45, 2.75) is 33.9 Å². The Morgan fingerprint density at radius 2 is 1.95 bits per heavy atom. The quantitative estimate of drug-likeness (QED) is 0.853. The number of hydrogen-bond acceptors (Lipinski definition) is 3. The van der Waals surface area contributed by atoms with Crippen molar-refractivity contribution in [2.75, 3.05) is 7.05 Å². The first-order valence-corrected chi connectivity index (χ1v) is 6.64. The molecule has 0 atom stereocenters.